The Balaban J connectivity index is 2.17. The van der Waals surface area contributed by atoms with Crippen LogP contribution in [0.1, 0.15) is 26.2 Å². The number of carboxylic acid groups (broad SMARTS) is 1. The van der Waals surface area contributed by atoms with Gasteiger partial charge in [-0.3, -0.25) is 4.98 Å². The summed E-state index contributed by atoms with van der Waals surface area (Å²) in [6.45, 7) is 2.74. The van der Waals surface area contributed by atoms with Crippen LogP contribution in [0.2, 0.25) is 0 Å². The first-order valence-electron chi connectivity index (χ1n) is 7.04. The van der Waals surface area contributed by atoms with Crippen molar-refractivity contribution in [2.24, 2.45) is 0 Å². The Labute approximate surface area is 118 Å². The highest BCUT2D eigenvalue weighted by Gasteiger charge is 2.46. The molecular formula is C16H18N2O2. The molecule has 1 aliphatic rings. The van der Waals surface area contributed by atoms with Crippen molar-refractivity contribution in [3.8, 4) is 0 Å². The quantitative estimate of drug-likeness (QED) is 0.931. The van der Waals surface area contributed by atoms with Crippen molar-refractivity contribution < 1.29 is 9.90 Å². The van der Waals surface area contributed by atoms with E-state index >= 15 is 0 Å². The number of rotatable bonds is 3. The molecule has 104 valence electrons. The second-order valence-electron chi connectivity index (χ2n) is 5.29. The Morgan fingerprint density at radius 3 is 2.95 bits per heavy atom. The lowest BCUT2D eigenvalue weighted by Crippen LogP contribution is -2.50. The average molecular weight is 270 g/mol. The molecule has 3 rings (SSSR count). The Hall–Kier alpha value is -2.10. The van der Waals surface area contributed by atoms with Crippen LogP contribution in [-0.4, -0.2) is 28.1 Å². The second kappa shape index (κ2) is 4.78. The number of anilines is 1. The summed E-state index contributed by atoms with van der Waals surface area (Å²) in [5.74, 6) is -0.724. The van der Waals surface area contributed by atoms with Crippen molar-refractivity contribution in [2.45, 2.75) is 31.7 Å². The van der Waals surface area contributed by atoms with Gasteiger partial charge in [-0.15, -0.1) is 0 Å². The Morgan fingerprint density at radius 1 is 1.40 bits per heavy atom. The molecule has 1 unspecified atom stereocenters. The Kier molecular flexibility index (Phi) is 3.08. The van der Waals surface area contributed by atoms with Crippen molar-refractivity contribution in [1.29, 1.82) is 0 Å². The van der Waals surface area contributed by atoms with Crippen molar-refractivity contribution in [1.82, 2.24) is 4.98 Å². The molecule has 0 saturated carbocycles. The number of aromatic nitrogens is 1. The van der Waals surface area contributed by atoms with Gasteiger partial charge in [0.15, 0.2) is 0 Å². The van der Waals surface area contributed by atoms with Gasteiger partial charge in [0, 0.05) is 23.8 Å². The number of fused-ring (bicyclic) bond motifs is 1. The van der Waals surface area contributed by atoms with E-state index in [1.165, 1.54) is 0 Å². The number of hydrogen-bond acceptors (Lipinski definition) is 3. The summed E-state index contributed by atoms with van der Waals surface area (Å²) in [6.07, 6.45) is 3.99. The molecule has 0 bridgehead atoms. The fourth-order valence-electron chi connectivity index (χ4n) is 3.29. The second-order valence-corrected chi connectivity index (χ2v) is 5.29. The summed E-state index contributed by atoms with van der Waals surface area (Å²) in [5, 5.41) is 10.7. The van der Waals surface area contributed by atoms with Crippen LogP contribution in [0.4, 0.5) is 5.69 Å². The first kappa shape index (κ1) is 12.9. The first-order chi connectivity index (χ1) is 9.69. The Bertz CT molecular complexity index is 650. The highest BCUT2D eigenvalue weighted by Crippen LogP contribution is 2.39. The third-order valence-corrected chi connectivity index (χ3v) is 4.39. The first-order valence-corrected chi connectivity index (χ1v) is 7.04. The molecule has 0 amide bonds. The topological polar surface area (TPSA) is 53.4 Å². The fraction of sp³-hybridized carbons (Fsp3) is 0.375. The number of benzene rings is 1. The average Bonchev–Trinajstić information content (AvgIpc) is 2.91. The molecule has 0 spiro atoms. The lowest BCUT2D eigenvalue weighted by atomic mass is 9.92. The zero-order valence-electron chi connectivity index (χ0n) is 11.5. The smallest absolute Gasteiger partial charge is 0.329 e. The molecule has 1 fully saturated rings. The number of pyridine rings is 1. The third-order valence-electron chi connectivity index (χ3n) is 4.39. The van der Waals surface area contributed by atoms with Crippen LogP contribution in [0, 0.1) is 0 Å². The largest absolute Gasteiger partial charge is 0.479 e. The number of nitrogens with zero attached hydrogens (tertiary/aromatic N) is 2. The van der Waals surface area contributed by atoms with E-state index in [0.29, 0.717) is 12.8 Å². The summed E-state index contributed by atoms with van der Waals surface area (Å²) in [7, 11) is 0. The standard InChI is InChI=1S/C16H18N2O2/c1-2-16(15(19)20)9-5-11-18(16)14-8-10-17-13-7-4-3-6-12(13)14/h3-4,6-8,10H,2,5,9,11H2,1H3,(H,19,20). The van der Waals surface area contributed by atoms with Gasteiger partial charge in [0.05, 0.1) is 5.52 Å². The van der Waals surface area contributed by atoms with Crippen LogP contribution in [0.3, 0.4) is 0 Å². The van der Waals surface area contributed by atoms with Gasteiger partial charge in [0.2, 0.25) is 0 Å². The van der Waals surface area contributed by atoms with E-state index in [-0.39, 0.29) is 0 Å². The van der Waals surface area contributed by atoms with Gasteiger partial charge < -0.3 is 10.0 Å². The number of hydrogen-bond donors (Lipinski definition) is 1. The van der Waals surface area contributed by atoms with Crippen molar-refractivity contribution >= 4 is 22.6 Å². The molecule has 0 radical (unpaired) electrons. The maximum atomic E-state index is 11.8. The van der Waals surface area contributed by atoms with Crippen molar-refractivity contribution in [3.05, 3.63) is 36.5 Å². The van der Waals surface area contributed by atoms with E-state index in [1.54, 1.807) is 6.20 Å². The zero-order chi connectivity index (χ0) is 14.2. The summed E-state index contributed by atoms with van der Waals surface area (Å²) < 4.78 is 0. The molecule has 2 heterocycles. The SMILES string of the molecule is CCC1(C(=O)O)CCCN1c1ccnc2ccccc12. The minimum Gasteiger partial charge on any atom is -0.479 e. The van der Waals surface area contributed by atoms with E-state index < -0.39 is 11.5 Å². The summed E-state index contributed by atoms with van der Waals surface area (Å²) in [5.41, 5.74) is 1.12. The molecule has 4 heteroatoms. The van der Waals surface area contributed by atoms with Gasteiger partial charge >= 0.3 is 5.97 Å². The minimum absolute atomic E-state index is 0.610. The molecule has 1 aromatic carbocycles. The number of para-hydroxylation sites is 1. The van der Waals surface area contributed by atoms with E-state index in [0.717, 1.165) is 29.6 Å². The zero-order valence-corrected chi connectivity index (χ0v) is 11.5. The highest BCUT2D eigenvalue weighted by atomic mass is 16.4. The molecule has 0 aliphatic carbocycles. The highest BCUT2D eigenvalue weighted by molar-refractivity contribution is 5.95. The molecule has 1 N–H and O–H groups in total. The fourth-order valence-corrected chi connectivity index (χ4v) is 3.29. The third kappa shape index (κ3) is 1.75. The minimum atomic E-state index is -0.774. The summed E-state index contributed by atoms with van der Waals surface area (Å²) in [6, 6.07) is 9.83. The lowest BCUT2D eigenvalue weighted by molar-refractivity contribution is -0.143. The van der Waals surface area contributed by atoms with Gasteiger partial charge in [-0.05, 0) is 31.4 Å². The maximum Gasteiger partial charge on any atom is 0.329 e. The van der Waals surface area contributed by atoms with Crippen LogP contribution < -0.4 is 4.90 Å². The predicted molar refractivity (Wildman–Crippen MR) is 79.0 cm³/mol. The maximum absolute atomic E-state index is 11.8. The van der Waals surface area contributed by atoms with E-state index in [9.17, 15) is 9.90 Å². The molecule has 20 heavy (non-hydrogen) atoms. The monoisotopic (exact) mass is 270 g/mol. The number of carboxylic acids is 1. The van der Waals surface area contributed by atoms with Crippen molar-refractivity contribution in [2.75, 3.05) is 11.4 Å². The molecule has 1 saturated heterocycles. The molecule has 1 aromatic heterocycles. The van der Waals surface area contributed by atoms with Gasteiger partial charge in [-0.25, -0.2) is 4.79 Å². The number of carbonyl (C=O) groups is 1. The predicted octanol–water partition coefficient (Wildman–Crippen LogP) is 3.07. The Morgan fingerprint density at radius 2 is 2.20 bits per heavy atom. The van der Waals surface area contributed by atoms with E-state index in [2.05, 4.69) is 9.88 Å². The van der Waals surface area contributed by atoms with Crippen LogP contribution in [-0.2, 0) is 4.79 Å². The van der Waals surface area contributed by atoms with E-state index in [1.807, 2.05) is 37.3 Å². The number of aliphatic carboxylic acids is 1. The van der Waals surface area contributed by atoms with Gasteiger partial charge in [-0.1, -0.05) is 25.1 Å². The molecular weight excluding hydrogens is 252 g/mol. The molecule has 4 nitrogen and oxygen atoms in total. The summed E-state index contributed by atoms with van der Waals surface area (Å²) >= 11 is 0. The van der Waals surface area contributed by atoms with Gasteiger partial charge in [0.25, 0.3) is 0 Å². The summed E-state index contributed by atoms with van der Waals surface area (Å²) in [4.78, 5) is 18.2. The van der Waals surface area contributed by atoms with Crippen LogP contribution >= 0.6 is 0 Å². The van der Waals surface area contributed by atoms with Crippen LogP contribution in [0.5, 0.6) is 0 Å². The molecule has 1 atom stereocenters. The molecule has 1 aliphatic heterocycles. The van der Waals surface area contributed by atoms with Crippen LogP contribution in [0.15, 0.2) is 36.5 Å². The lowest BCUT2D eigenvalue weighted by Gasteiger charge is -2.36. The van der Waals surface area contributed by atoms with E-state index in [4.69, 9.17) is 0 Å². The van der Waals surface area contributed by atoms with Crippen LogP contribution in [0.25, 0.3) is 10.9 Å². The van der Waals surface area contributed by atoms with Gasteiger partial charge in [0.1, 0.15) is 5.54 Å². The molecule has 2 aromatic rings. The van der Waals surface area contributed by atoms with Gasteiger partial charge in [-0.2, -0.15) is 0 Å². The van der Waals surface area contributed by atoms with Crippen molar-refractivity contribution in [3.63, 3.8) is 0 Å². The normalized spacial score (nSPS) is 22.4.